The molecule has 222 valence electrons. The molecular formula is C31H33F3N4O4. The Hall–Kier alpha value is -4.40. The molecule has 0 bridgehead atoms. The smallest absolute Gasteiger partial charge is 0.443 e. The van der Waals surface area contributed by atoms with Gasteiger partial charge < -0.3 is 15.2 Å². The number of nitriles is 1. The van der Waals surface area contributed by atoms with Gasteiger partial charge in [-0.25, -0.2) is 9.80 Å². The topological polar surface area (TPSA) is 115 Å². The maximum atomic E-state index is 13.1. The number of nitrogens with one attached hydrogen (secondary N) is 2. The number of hydrazine groups is 1. The Bertz CT molecular complexity index is 1380. The third kappa shape index (κ3) is 9.90. The van der Waals surface area contributed by atoms with E-state index in [1.54, 1.807) is 87.5 Å². The molecule has 0 radical (unpaired) electrons. The molecular weight excluding hydrogens is 549 g/mol. The predicted molar refractivity (Wildman–Crippen MR) is 151 cm³/mol. The zero-order valence-electron chi connectivity index (χ0n) is 23.5. The van der Waals surface area contributed by atoms with Crippen molar-refractivity contribution < 1.29 is 32.6 Å². The number of carbonyl (C=O) groups excluding carboxylic acids is 2. The molecule has 0 fully saturated rings. The summed E-state index contributed by atoms with van der Waals surface area (Å²) in [6.45, 7) is 4.72. The molecule has 0 aromatic heterocycles. The number of carbonyl (C=O) groups is 2. The van der Waals surface area contributed by atoms with Crippen LogP contribution in [0.5, 0.6) is 0 Å². The van der Waals surface area contributed by atoms with E-state index in [2.05, 4.69) is 11.5 Å². The van der Waals surface area contributed by atoms with Crippen LogP contribution < -0.4 is 10.7 Å². The number of alkyl halides is 3. The normalized spacial score (nSPS) is 13.1. The van der Waals surface area contributed by atoms with Crippen molar-refractivity contribution in [1.82, 2.24) is 15.8 Å². The molecule has 0 spiro atoms. The van der Waals surface area contributed by atoms with E-state index in [4.69, 9.17) is 4.74 Å². The first-order valence-electron chi connectivity index (χ1n) is 13.2. The third-order valence-electron chi connectivity index (χ3n) is 6.08. The minimum absolute atomic E-state index is 0.0434. The first-order chi connectivity index (χ1) is 19.7. The van der Waals surface area contributed by atoms with E-state index in [0.717, 1.165) is 11.1 Å². The van der Waals surface area contributed by atoms with Gasteiger partial charge in [0, 0.05) is 13.1 Å². The molecule has 0 saturated carbocycles. The number of aliphatic hydroxyl groups excluding tert-OH is 1. The van der Waals surface area contributed by atoms with E-state index >= 15 is 0 Å². The molecule has 0 aliphatic heterocycles. The molecule has 8 nitrogen and oxygen atoms in total. The summed E-state index contributed by atoms with van der Waals surface area (Å²) < 4.78 is 44.6. The minimum atomic E-state index is -5.14. The van der Waals surface area contributed by atoms with Gasteiger partial charge in [0.1, 0.15) is 5.60 Å². The van der Waals surface area contributed by atoms with E-state index in [1.165, 1.54) is 5.01 Å². The second-order valence-corrected chi connectivity index (χ2v) is 10.7. The van der Waals surface area contributed by atoms with Gasteiger partial charge >= 0.3 is 18.2 Å². The maximum absolute atomic E-state index is 13.1. The second-order valence-electron chi connectivity index (χ2n) is 10.7. The van der Waals surface area contributed by atoms with Gasteiger partial charge in [-0.3, -0.25) is 10.2 Å². The van der Waals surface area contributed by atoms with Crippen molar-refractivity contribution in [3.05, 3.63) is 95.6 Å². The Labute approximate surface area is 242 Å². The molecule has 0 aliphatic carbocycles. The lowest BCUT2D eigenvalue weighted by Gasteiger charge is -2.31. The quantitative estimate of drug-likeness (QED) is 0.286. The van der Waals surface area contributed by atoms with Crippen molar-refractivity contribution >= 4 is 12.0 Å². The summed E-state index contributed by atoms with van der Waals surface area (Å²) in [5, 5.41) is 23.7. The summed E-state index contributed by atoms with van der Waals surface area (Å²) in [6, 6.07) is 23.6. The first kappa shape index (κ1) is 32.1. The van der Waals surface area contributed by atoms with Crippen LogP contribution in [0, 0.1) is 11.3 Å². The Morgan fingerprint density at radius 2 is 1.57 bits per heavy atom. The largest absolute Gasteiger partial charge is 0.471 e. The molecule has 3 aromatic rings. The van der Waals surface area contributed by atoms with Crippen molar-refractivity contribution in [3.63, 3.8) is 0 Å². The highest BCUT2D eigenvalue weighted by molar-refractivity contribution is 5.82. The van der Waals surface area contributed by atoms with Gasteiger partial charge in [-0.15, -0.1) is 0 Å². The molecule has 3 rings (SSSR count). The lowest BCUT2D eigenvalue weighted by atomic mass is 9.99. The average molecular weight is 583 g/mol. The fourth-order valence-electron chi connectivity index (χ4n) is 4.18. The standard InChI is InChI=1S/C31H33F3N4O4/c1-30(2,3)42-29(41)37-38(19-22-13-15-23(16-14-22)25-12-8-7-11-24(25)18-35)20-27(39)26(36-28(40)31(32,33)34)17-21-9-5-4-6-10-21/h4-16,26-27,39H,17,19-20H2,1-3H3,(H,36,40)(H,37,41)/t26-,27-/m0/s1. The molecule has 3 N–H and O–H groups in total. The summed E-state index contributed by atoms with van der Waals surface area (Å²) >= 11 is 0. The molecule has 3 aromatic carbocycles. The Morgan fingerprint density at radius 1 is 0.952 bits per heavy atom. The molecule has 0 heterocycles. The maximum Gasteiger partial charge on any atom is 0.471 e. The monoisotopic (exact) mass is 582 g/mol. The van der Waals surface area contributed by atoms with Gasteiger partial charge in [-0.2, -0.15) is 18.4 Å². The summed E-state index contributed by atoms with van der Waals surface area (Å²) in [5.41, 5.74) is 5.06. The van der Waals surface area contributed by atoms with Crippen LogP contribution in [0.25, 0.3) is 11.1 Å². The fourth-order valence-corrected chi connectivity index (χ4v) is 4.18. The van der Waals surface area contributed by atoms with Crippen LogP contribution in [0.1, 0.15) is 37.5 Å². The van der Waals surface area contributed by atoms with Crippen LogP contribution in [0.3, 0.4) is 0 Å². The zero-order chi connectivity index (χ0) is 30.9. The van der Waals surface area contributed by atoms with Crippen LogP contribution in [-0.2, 0) is 22.5 Å². The van der Waals surface area contributed by atoms with Gasteiger partial charge in [0.05, 0.1) is 23.8 Å². The third-order valence-corrected chi connectivity index (χ3v) is 6.08. The highest BCUT2D eigenvalue weighted by atomic mass is 19.4. The number of nitrogens with zero attached hydrogens (tertiary/aromatic N) is 2. The van der Waals surface area contributed by atoms with Crippen LogP contribution >= 0.6 is 0 Å². The molecule has 0 unspecified atom stereocenters. The van der Waals surface area contributed by atoms with Crippen LogP contribution in [0.15, 0.2) is 78.9 Å². The molecule has 2 amide bonds. The molecule has 11 heteroatoms. The van der Waals surface area contributed by atoms with Crippen molar-refractivity contribution in [2.24, 2.45) is 0 Å². The van der Waals surface area contributed by atoms with E-state index in [0.29, 0.717) is 16.7 Å². The zero-order valence-corrected chi connectivity index (χ0v) is 23.5. The van der Waals surface area contributed by atoms with E-state index < -0.39 is 35.9 Å². The lowest BCUT2D eigenvalue weighted by molar-refractivity contribution is -0.175. The van der Waals surface area contributed by atoms with Crippen molar-refractivity contribution in [2.75, 3.05) is 6.54 Å². The van der Waals surface area contributed by atoms with E-state index in [9.17, 15) is 33.1 Å². The molecule has 0 saturated heterocycles. The number of ether oxygens (including phenoxy) is 1. The second kappa shape index (κ2) is 14.0. The van der Waals surface area contributed by atoms with E-state index in [1.807, 2.05) is 17.4 Å². The van der Waals surface area contributed by atoms with Crippen molar-refractivity contribution in [3.8, 4) is 17.2 Å². The summed E-state index contributed by atoms with van der Waals surface area (Å²) in [4.78, 5) is 24.4. The van der Waals surface area contributed by atoms with E-state index in [-0.39, 0.29) is 19.5 Å². The summed E-state index contributed by atoms with van der Waals surface area (Å²) in [6.07, 6.45) is -7.58. The fraction of sp³-hybridized carbons (Fsp3) is 0.323. The molecule has 42 heavy (non-hydrogen) atoms. The number of hydrogen-bond acceptors (Lipinski definition) is 6. The van der Waals surface area contributed by atoms with Gasteiger partial charge in [0.15, 0.2) is 0 Å². The predicted octanol–water partition coefficient (Wildman–Crippen LogP) is 5.12. The number of halogens is 3. The highest BCUT2D eigenvalue weighted by Gasteiger charge is 2.41. The van der Waals surface area contributed by atoms with Crippen LogP contribution in [0.2, 0.25) is 0 Å². The Morgan fingerprint density at radius 3 is 2.17 bits per heavy atom. The number of hydrogen-bond donors (Lipinski definition) is 3. The number of amides is 2. The lowest BCUT2D eigenvalue weighted by Crippen LogP contribution is -2.55. The highest BCUT2D eigenvalue weighted by Crippen LogP contribution is 2.24. The number of benzene rings is 3. The van der Waals surface area contributed by atoms with Crippen molar-refractivity contribution in [1.29, 1.82) is 5.26 Å². The van der Waals surface area contributed by atoms with Gasteiger partial charge in [0.2, 0.25) is 0 Å². The number of rotatable bonds is 10. The summed E-state index contributed by atoms with van der Waals surface area (Å²) in [5.74, 6) is -2.18. The SMILES string of the molecule is CC(C)(C)OC(=O)NN(Cc1ccc(-c2ccccc2C#N)cc1)C[C@H](O)[C@H](Cc1ccccc1)NC(=O)C(F)(F)F. The molecule has 2 atom stereocenters. The van der Waals surface area contributed by atoms with Gasteiger partial charge in [-0.1, -0.05) is 72.8 Å². The summed E-state index contributed by atoms with van der Waals surface area (Å²) in [7, 11) is 0. The Balaban J connectivity index is 1.84. The Kier molecular flexibility index (Phi) is 10.7. The number of aliphatic hydroxyl groups is 1. The first-order valence-corrected chi connectivity index (χ1v) is 13.2. The minimum Gasteiger partial charge on any atom is -0.443 e. The molecule has 0 aliphatic rings. The van der Waals surface area contributed by atoms with Gasteiger partial charge in [0.25, 0.3) is 0 Å². The van der Waals surface area contributed by atoms with Crippen LogP contribution in [0.4, 0.5) is 18.0 Å². The van der Waals surface area contributed by atoms with Crippen molar-refractivity contribution in [2.45, 2.75) is 57.7 Å². The van der Waals surface area contributed by atoms with Gasteiger partial charge in [-0.05, 0) is 55.5 Å². The van der Waals surface area contributed by atoms with Crippen LogP contribution in [-0.4, -0.2) is 52.6 Å². The average Bonchev–Trinajstić information content (AvgIpc) is 2.92.